The van der Waals surface area contributed by atoms with Crippen molar-refractivity contribution in [3.63, 3.8) is 0 Å². The molecular weight excluding hydrogens is 368 g/mol. The molecule has 29 heavy (non-hydrogen) atoms. The smallest absolute Gasteiger partial charge is 0.313 e. The van der Waals surface area contributed by atoms with Gasteiger partial charge in [-0.25, -0.2) is 0 Å². The van der Waals surface area contributed by atoms with E-state index in [1.54, 1.807) is 24.3 Å². The van der Waals surface area contributed by atoms with Gasteiger partial charge in [0.15, 0.2) is 0 Å². The van der Waals surface area contributed by atoms with E-state index in [0.717, 1.165) is 24.1 Å². The third kappa shape index (κ3) is 7.38. The summed E-state index contributed by atoms with van der Waals surface area (Å²) in [7, 11) is 3.88. The summed E-state index contributed by atoms with van der Waals surface area (Å²) in [6.07, 6.45) is 0.740. The Hall–Kier alpha value is -3.19. The zero-order chi connectivity index (χ0) is 21.2. The van der Waals surface area contributed by atoms with Crippen LogP contribution in [0.4, 0.5) is 5.69 Å². The van der Waals surface area contributed by atoms with Gasteiger partial charge in [-0.1, -0.05) is 42.0 Å². The molecule has 0 aliphatic rings. The molecule has 2 aromatic rings. The van der Waals surface area contributed by atoms with E-state index in [2.05, 4.69) is 16.0 Å². The predicted octanol–water partition coefficient (Wildman–Crippen LogP) is 1.93. The molecule has 0 saturated carbocycles. The van der Waals surface area contributed by atoms with Gasteiger partial charge in [0.1, 0.15) is 0 Å². The maximum Gasteiger partial charge on any atom is 0.313 e. The average molecular weight is 396 g/mol. The van der Waals surface area contributed by atoms with Crippen molar-refractivity contribution in [1.29, 1.82) is 0 Å². The average Bonchev–Trinajstić information content (AvgIpc) is 2.69. The zero-order valence-electron chi connectivity index (χ0n) is 17.1. The van der Waals surface area contributed by atoms with Gasteiger partial charge in [0.25, 0.3) is 5.91 Å². The second kappa shape index (κ2) is 11.0. The first-order chi connectivity index (χ1) is 13.9. The van der Waals surface area contributed by atoms with Crippen molar-refractivity contribution in [3.05, 3.63) is 65.2 Å². The van der Waals surface area contributed by atoms with Crippen LogP contribution in [-0.2, 0) is 16.1 Å². The lowest BCUT2D eigenvalue weighted by Crippen LogP contribution is -2.37. The highest BCUT2D eigenvalue weighted by Gasteiger charge is 2.17. The lowest BCUT2D eigenvalue weighted by Gasteiger charge is -2.12. The lowest BCUT2D eigenvalue weighted by atomic mass is 10.1. The molecule has 0 saturated heterocycles. The standard InChI is InChI=1S/C22H28N4O3/c1-16-8-6-9-17(14-16)15-24-20(27)18-10-4-5-11-19(18)25-22(29)21(28)23-12-7-13-26(2)3/h4-6,8-11,14H,7,12-13,15H2,1-3H3,(H,23,28)(H,24,27)(H,25,29). The minimum atomic E-state index is -0.797. The molecule has 0 atom stereocenters. The molecule has 7 nitrogen and oxygen atoms in total. The van der Waals surface area contributed by atoms with Crippen LogP contribution in [0.1, 0.15) is 27.9 Å². The van der Waals surface area contributed by atoms with Gasteiger partial charge in [0, 0.05) is 13.1 Å². The molecule has 0 unspecified atom stereocenters. The number of amides is 3. The number of para-hydroxylation sites is 1. The Kier molecular flexibility index (Phi) is 8.36. The number of hydrogen-bond acceptors (Lipinski definition) is 4. The molecular formula is C22H28N4O3. The number of nitrogens with one attached hydrogen (secondary N) is 3. The number of hydrogen-bond donors (Lipinski definition) is 3. The molecule has 0 heterocycles. The van der Waals surface area contributed by atoms with Gasteiger partial charge in [-0.2, -0.15) is 0 Å². The first-order valence-corrected chi connectivity index (χ1v) is 9.53. The van der Waals surface area contributed by atoms with E-state index in [0.29, 0.717) is 24.3 Å². The number of benzene rings is 2. The number of rotatable bonds is 8. The quantitative estimate of drug-likeness (QED) is 0.470. The molecule has 0 spiro atoms. The Balaban J connectivity index is 1.94. The summed E-state index contributed by atoms with van der Waals surface area (Å²) in [6, 6.07) is 14.5. The van der Waals surface area contributed by atoms with Crippen molar-refractivity contribution >= 4 is 23.4 Å². The van der Waals surface area contributed by atoms with Gasteiger partial charge in [0.2, 0.25) is 0 Å². The number of aryl methyl sites for hydroxylation is 1. The number of anilines is 1. The van der Waals surface area contributed by atoms with E-state index in [1.807, 2.05) is 50.2 Å². The molecule has 3 amide bonds. The van der Waals surface area contributed by atoms with Crippen LogP contribution in [0.15, 0.2) is 48.5 Å². The molecule has 0 aliphatic carbocycles. The van der Waals surface area contributed by atoms with E-state index in [-0.39, 0.29) is 5.91 Å². The Morgan fingerprint density at radius 1 is 0.931 bits per heavy atom. The summed E-state index contributed by atoms with van der Waals surface area (Å²) in [4.78, 5) is 38.7. The van der Waals surface area contributed by atoms with Crippen molar-refractivity contribution in [2.45, 2.75) is 19.9 Å². The van der Waals surface area contributed by atoms with E-state index in [9.17, 15) is 14.4 Å². The molecule has 154 valence electrons. The molecule has 3 N–H and O–H groups in total. The van der Waals surface area contributed by atoms with Crippen molar-refractivity contribution in [2.24, 2.45) is 0 Å². The maximum absolute atomic E-state index is 12.6. The minimum Gasteiger partial charge on any atom is -0.348 e. The highest BCUT2D eigenvalue weighted by atomic mass is 16.2. The summed E-state index contributed by atoms with van der Waals surface area (Å²) in [5.41, 5.74) is 2.69. The number of carbonyl (C=O) groups excluding carboxylic acids is 3. The molecule has 2 aromatic carbocycles. The van der Waals surface area contributed by atoms with Crippen LogP contribution in [0.3, 0.4) is 0 Å². The summed E-state index contributed by atoms with van der Waals surface area (Å²) in [5, 5.41) is 7.95. The molecule has 7 heteroatoms. The van der Waals surface area contributed by atoms with Gasteiger partial charge in [-0.05, 0) is 51.7 Å². The largest absolute Gasteiger partial charge is 0.348 e. The third-order valence-electron chi connectivity index (χ3n) is 4.23. The van der Waals surface area contributed by atoms with Gasteiger partial charge < -0.3 is 20.9 Å². The van der Waals surface area contributed by atoms with Crippen molar-refractivity contribution in [1.82, 2.24) is 15.5 Å². The van der Waals surface area contributed by atoms with Crippen LogP contribution >= 0.6 is 0 Å². The van der Waals surface area contributed by atoms with E-state index < -0.39 is 11.8 Å². The van der Waals surface area contributed by atoms with Gasteiger partial charge >= 0.3 is 11.8 Å². The highest BCUT2D eigenvalue weighted by Crippen LogP contribution is 2.15. The lowest BCUT2D eigenvalue weighted by molar-refractivity contribution is -0.136. The monoisotopic (exact) mass is 396 g/mol. The number of nitrogens with zero attached hydrogens (tertiary/aromatic N) is 1. The fourth-order valence-electron chi connectivity index (χ4n) is 2.75. The fraction of sp³-hybridized carbons (Fsp3) is 0.318. The van der Waals surface area contributed by atoms with Crippen LogP contribution in [0.25, 0.3) is 0 Å². The second-order valence-electron chi connectivity index (χ2n) is 7.08. The second-order valence-corrected chi connectivity index (χ2v) is 7.08. The Morgan fingerprint density at radius 2 is 1.69 bits per heavy atom. The topological polar surface area (TPSA) is 90.5 Å². The van der Waals surface area contributed by atoms with Crippen molar-refractivity contribution < 1.29 is 14.4 Å². The van der Waals surface area contributed by atoms with Gasteiger partial charge in [-0.15, -0.1) is 0 Å². The first kappa shape index (κ1) is 22.1. The van der Waals surface area contributed by atoms with Crippen molar-refractivity contribution in [2.75, 3.05) is 32.5 Å². The first-order valence-electron chi connectivity index (χ1n) is 9.53. The Morgan fingerprint density at radius 3 is 2.41 bits per heavy atom. The summed E-state index contributed by atoms with van der Waals surface area (Å²) in [5.74, 6) is -1.85. The van der Waals surface area contributed by atoms with Crippen LogP contribution in [0.5, 0.6) is 0 Å². The van der Waals surface area contributed by atoms with Crippen LogP contribution in [0, 0.1) is 6.92 Å². The summed E-state index contributed by atoms with van der Waals surface area (Å²) >= 11 is 0. The number of carbonyl (C=O) groups is 3. The highest BCUT2D eigenvalue weighted by molar-refractivity contribution is 6.40. The Labute approximate surface area is 171 Å². The predicted molar refractivity (Wildman–Crippen MR) is 114 cm³/mol. The van der Waals surface area contributed by atoms with E-state index >= 15 is 0 Å². The minimum absolute atomic E-state index is 0.294. The summed E-state index contributed by atoms with van der Waals surface area (Å²) < 4.78 is 0. The zero-order valence-corrected chi connectivity index (χ0v) is 17.1. The van der Waals surface area contributed by atoms with Crippen molar-refractivity contribution in [3.8, 4) is 0 Å². The third-order valence-corrected chi connectivity index (χ3v) is 4.23. The molecule has 0 aromatic heterocycles. The van der Waals surface area contributed by atoms with Crippen LogP contribution in [0.2, 0.25) is 0 Å². The maximum atomic E-state index is 12.6. The normalized spacial score (nSPS) is 10.5. The molecule has 0 fully saturated rings. The van der Waals surface area contributed by atoms with E-state index in [1.165, 1.54) is 0 Å². The molecule has 0 aliphatic heterocycles. The molecule has 2 rings (SSSR count). The SMILES string of the molecule is Cc1cccc(CNC(=O)c2ccccc2NC(=O)C(=O)NCCCN(C)C)c1. The van der Waals surface area contributed by atoms with Gasteiger partial charge in [0.05, 0.1) is 11.3 Å². The van der Waals surface area contributed by atoms with Crippen LogP contribution in [-0.4, -0.2) is 49.8 Å². The van der Waals surface area contributed by atoms with Crippen LogP contribution < -0.4 is 16.0 Å². The molecule has 0 radical (unpaired) electrons. The fourth-order valence-corrected chi connectivity index (χ4v) is 2.75. The Bertz CT molecular complexity index is 865. The van der Waals surface area contributed by atoms with E-state index in [4.69, 9.17) is 0 Å². The van der Waals surface area contributed by atoms with Gasteiger partial charge in [-0.3, -0.25) is 14.4 Å². The molecule has 0 bridgehead atoms. The summed E-state index contributed by atoms with van der Waals surface area (Å²) in [6.45, 7) is 3.58.